The Morgan fingerprint density at radius 3 is 2.00 bits per heavy atom. The van der Waals surface area contributed by atoms with Crippen molar-refractivity contribution in [3.05, 3.63) is 35.1 Å². The predicted molar refractivity (Wildman–Crippen MR) is 42.3 cm³/mol. The third-order valence-corrected chi connectivity index (χ3v) is 1.69. The number of hydrogen-bond acceptors (Lipinski definition) is 2. The maximum atomic E-state index is 12.6. The van der Waals surface area contributed by atoms with E-state index in [1.165, 1.54) is 0 Å². The van der Waals surface area contributed by atoms with Crippen LogP contribution in [-0.4, -0.2) is 6.54 Å². The third kappa shape index (κ3) is 1.99. The summed E-state index contributed by atoms with van der Waals surface area (Å²) in [5.41, 5.74) is 10.7. The van der Waals surface area contributed by atoms with Gasteiger partial charge in [-0.05, 0) is 17.7 Å². The predicted octanol–water partition coefficient (Wildman–Crippen LogP) is 1.06. The van der Waals surface area contributed by atoms with E-state index in [1.807, 2.05) is 0 Å². The van der Waals surface area contributed by atoms with Gasteiger partial charge in [-0.3, -0.25) is 0 Å². The smallest absolute Gasteiger partial charge is 0.194 e. The summed E-state index contributed by atoms with van der Waals surface area (Å²) < 4.78 is 37.7. The van der Waals surface area contributed by atoms with Crippen LogP contribution < -0.4 is 11.5 Å². The quantitative estimate of drug-likeness (QED) is 0.685. The molecule has 1 rings (SSSR count). The van der Waals surface area contributed by atoms with Crippen molar-refractivity contribution in [2.75, 3.05) is 6.54 Å². The van der Waals surface area contributed by atoms with E-state index in [1.54, 1.807) is 0 Å². The largest absolute Gasteiger partial charge is 0.329 e. The van der Waals surface area contributed by atoms with E-state index in [0.29, 0.717) is 0 Å². The second-order valence-electron chi connectivity index (χ2n) is 2.64. The van der Waals surface area contributed by atoms with Crippen LogP contribution in [0.5, 0.6) is 0 Å². The fraction of sp³-hybridized carbons (Fsp3) is 0.250. The zero-order valence-corrected chi connectivity index (χ0v) is 6.73. The molecule has 72 valence electrons. The van der Waals surface area contributed by atoms with Crippen LogP contribution in [0, 0.1) is 17.5 Å². The molecule has 2 nitrogen and oxygen atoms in total. The molecule has 0 saturated carbocycles. The molecule has 0 radical (unpaired) electrons. The van der Waals surface area contributed by atoms with Crippen molar-refractivity contribution in [1.29, 1.82) is 0 Å². The summed E-state index contributed by atoms with van der Waals surface area (Å²) in [6, 6.07) is 1.01. The summed E-state index contributed by atoms with van der Waals surface area (Å²) in [6.45, 7) is 0.0461. The number of halogens is 3. The van der Waals surface area contributed by atoms with Crippen LogP contribution in [0.1, 0.15) is 11.6 Å². The van der Waals surface area contributed by atoms with Gasteiger partial charge < -0.3 is 11.5 Å². The van der Waals surface area contributed by atoms with Crippen molar-refractivity contribution in [1.82, 2.24) is 0 Å². The van der Waals surface area contributed by atoms with Crippen molar-refractivity contribution >= 4 is 0 Å². The van der Waals surface area contributed by atoms with Crippen LogP contribution in [0.25, 0.3) is 0 Å². The minimum absolute atomic E-state index is 0.0461. The molecule has 0 fully saturated rings. The van der Waals surface area contributed by atoms with Crippen LogP contribution in [0.15, 0.2) is 12.1 Å². The van der Waals surface area contributed by atoms with Gasteiger partial charge in [0.2, 0.25) is 0 Å². The number of benzene rings is 1. The topological polar surface area (TPSA) is 52.0 Å². The Labute approximate surface area is 73.3 Å². The average Bonchev–Trinajstić information content (AvgIpc) is 2.12. The van der Waals surface area contributed by atoms with Crippen LogP contribution in [0.3, 0.4) is 0 Å². The zero-order valence-electron chi connectivity index (χ0n) is 6.73. The van der Waals surface area contributed by atoms with Crippen LogP contribution in [0.4, 0.5) is 13.2 Å². The zero-order chi connectivity index (χ0) is 10.0. The number of rotatable bonds is 2. The lowest BCUT2D eigenvalue weighted by Gasteiger charge is -2.09. The molecule has 0 aliphatic rings. The highest BCUT2D eigenvalue weighted by molar-refractivity contribution is 5.22. The molecular formula is C8H9F3N2. The van der Waals surface area contributed by atoms with Crippen LogP contribution in [-0.2, 0) is 0 Å². The van der Waals surface area contributed by atoms with Crippen molar-refractivity contribution in [2.24, 2.45) is 11.5 Å². The van der Waals surface area contributed by atoms with Gasteiger partial charge in [0, 0.05) is 12.6 Å². The fourth-order valence-electron chi connectivity index (χ4n) is 0.925. The average molecular weight is 190 g/mol. The van der Waals surface area contributed by atoms with E-state index in [4.69, 9.17) is 11.5 Å². The lowest BCUT2D eigenvalue weighted by Crippen LogP contribution is -2.21. The van der Waals surface area contributed by atoms with Crippen LogP contribution in [0.2, 0.25) is 0 Å². The van der Waals surface area contributed by atoms with Gasteiger partial charge in [0.25, 0.3) is 0 Å². The van der Waals surface area contributed by atoms with Gasteiger partial charge in [-0.25, -0.2) is 13.2 Å². The lowest BCUT2D eigenvalue weighted by atomic mass is 10.1. The highest BCUT2D eigenvalue weighted by atomic mass is 19.2. The van der Waals surface area contributed by atoms with Crippen molar-refractivity contribution < 1.29 is 13.2 Å². The Morgan fingerprint density at radius 1 is 1.15 bits per heavy atom. The first-order valence-electron chi connectivity index (χ1n) is 3.66. The number of hydrogen-bond donors (Lipinski definition) is 2. The Kier molecular flexibility index (Phi) is 2.90. The Hall–Kier alpha value is -1.07. The van der Waals surface area contributed by atoms with Crippen molar-refractivity contribution in [3.8, 4) is 0 Å². The van der Waals surface area contributed by atoms with E-state index >= 15 is 0 Å². The Bertz CT molecular complexity index is 291. The lowest BCUT2D eigenvalue weighted by molar-refractivity contribution is 0.443. The second-order valence-corrected chi connectivity index (χ2v) is 2.64. The molecule has 5 heteroatoms. The normalized spacial score (nSPS) is 13.0. The summed E-state index contributed by atoms with van der Waals surface area (Å²) in [4.78, 5) is 0. The molecular weight excluding hydrogens is 181 g/mol. The van der Waals surface area contributed by atoms with Gasteiger partial charge in [-0.2, -0.15) is 0 Å². The first-order chi connectivity index (χ1) is 6.06. The first-order valence-corrected chi connectivity index (χ1v) is 3.66. The summed E-state index contributed by atoms with van der Waals surface area (Å²) in [7, 11) is 0. The molecule has 1 aromatic rings. The van der Waals surface area contributed by atoms with E-state index in [9.17, 15) is 13.2 Å². The maximum Gasteiger partial charge on any atom is 0.194 e. The van der Waals surface area contributed by atoms with E-state index in [0.717, 1.165) is 12.1 Å². The Morgan fingerprint density at radius 2 is 1.62 bits per heavy atom. The molecule has 0 aromatic heterocycles. The summed E-state index contributed by atoms with van der Waals surface area (Å²) in [5.74, 6) is -3.99. The van der Waals surface area contributed by atoms with E-state index in [2.05, 4.69) is 0 Å². The third-order valence-electron chi connectivity index (χ3n) is 1.69. The fourth-order valence-corrected chi connectivity index (χ4v) is 0.925. The first kappa shape index (κ1) is 10.0. The highest BCUT2D eigenvalue weighted by Gasteiger charge is 2.13. The summed E-state index contributed by atoms with van der Waals surface area (Å²) in [6.07, 6.45) is 0. The van der Waals surface area contributed by atoms with Gasteiger partial charge >= 0.3 is 0 Å². The number of nitrogens with two attached hydrogens (primary N) is 2. The summed E-state index contributed by atoms with van der Waals surface area (Å²) >= 11 is 0. The van der Waals surface area contributed by atoms with E-state index in [-0.39, 0.29) is 12.1 Å². The molecule has 0 saturated heterocycles. The van der Waals surface area contributed by atoms with Crippen LogP contribution >= 0.6 is 0 Å². The van der Waals surface area contributed by atoms with Crippen molar-refractivity contribution in [2.45, 2.75) is 6.04 Å². The molecule has 0 aliphatic heterocycles. The van der Waals surface area contributed by atoms with Gasteiger partial charge in [-0.15, -0.1) is 0 Å². The monoisotopic (exact) mass is 190 g/mol. The van der Waals surface area contributed by atoms with Gasteiger partial charge in [0.05, 0.1) is 0 Å². The van der Waals surface area contributed by atoms with Crippen molar-refractivity contribution in [3.63, 3.8) is 0 Å². The Balaban J connectivity index is 3.13. The highest BCUT2D eigenvalue weighted by Crippen LogP contribution is 2.17. The second kappa shape index (κ2) is 3.76. The van der Waals surface area contributed by atoms with Gasteiger partial charge in [0.1, 0.15) is 0 Å². The SMILES string of the molecule is NC[C@H](N)c1cc(F)c(F)c(F)c1. The molecule has 0 aliphatic carbocycles. The van der Waals surface area contributed by atoms with E-state index < -0.39 is 23.5 Å². The minimum Gasteiger partial charge on any atom is -0.329 e. The molecule has 0 spiro atoms. The molecule has 0 heterocycles. The molecule has 1 atom stereocenters. The maximum absolute atomic E-state index is 12.6. The molecule has 4 N–H and O–H groups in total. The standard InChI is InChI=1S/C8H9F3N2/c9-5-1-4(7(13)3-12)2-6(10)8(5)11/h1-2,7H,3,12-13H2/t7-/m0/s1. The molecule has 0 bridgehead atoms. The summed E-state index contributed by atoms with van der Waals surface area (Å²) in [5, 5.41) is 0. The van der Waals surface area contributed by atoms with Gasteiger partial charge in [-0.1, -0.05) is 0 Å². The molecule has 1 aromatic carbocycles. The minimum atomic E-state index is -1.49. The van der Waals surface area contributed by atoms with Gasteiger partial charge in [0.15, 0.2) is 17.5 Å². The molecule has 0 unspecified atom stereocenters. The molecule has 13 heavy (non-hydrogen) atoms. The molecule has 0 amide bonds.